The van der Waals surface area contributed by atoms with Crippen LogP contribution in [0.1, 0.15) is 45.6 Å². The molecule has 4 aliphatic rings. The van der Waals surface area contributed by atoms with E-state index in [1.54, 1.807) is 0 Å². The fourth-order valence-electron chi connectivity index (χ4n) is 6.28. The van der Waals surface area contributed by atoms with E-state index < -0.39 is 11.9 Å². The lowest BCUT2D eigenvalue weighted by Crippen LogP contribution is -2.09. The molecular formula is C38H34O7. The largest absolute Gasteiger partial charge is 0.478 e. The van der Waals surface area contributed by atoms with E-state index in [1.807, 2.05) is 0 Å². The number of fused-ring (bicyclic) bond motifs is 6. The lowest BCUT2D eigenvalue weighted by Gasteiger charge is -2.07. The van der Waals surface area contributed by atoms with Gasteiger partial charge in [-0.15, -0.1) is 0 Å². The minimum Gasteiger partial charge on any atom is -0.478 e. The second kappa shape index (κ2) is 13.0. The first kappa shape index (κ1) is 30.2. The number of rotatable bonds is 8. The van der Waals surface area contributed by atoms with Gasteiger partial charge in [0.1, 0.15) is 24.4 Å². The van der Waals surface area contributed by atoms with Crippen LogP contribution in [0.25, 0.3) is 22.3 Å². The van der Waals surface area contributed by atoms with E-state index >= 15 is 0 Å². The summed E-state index contributed by atoms with van der Waals surface area (Å²) in [7, 11) is 0. The SMILES string of the molecule is C=CC(=O)O.C=CC(=O)O.c1ccc2c(c1)Cc1c-2cccc1C1OC1COCC1OC1c1cccc2c1Cc1ccccc1-2. The minimum absolute atomic E-state index is 0.137. The number of carboxylic acids is 2. The molecule has 4 aromatic carbocycles. The van der Waals surface area contributed by atoms with Gasteiger partial charge < -0.3 is 24.4 Å². The van der Waals surface area contributed by atoms with Crippen LogP contribution in [0, 0.1) is 0 Å². The van der Waals surface area contributed by atoms with E-state index in [0.29, 0.717) is 13.2 Å². The fourth-order valence-corrected chi connectivity index (χ4v) is 6.28. The van der Waals surface area contributed by atoms with E-state index in [4.69, 9.17) is 24.4 Å². The van der Waals surface area contributed by atoms with Crippen LogP contribution in [-0.2, 0) is 36.6 Å². The van der Waals surface area contributed by atoms with Crippen LogP contribution in [-0.4, -0.2) is 47.6 Å². The summed E-state index contributed by atoms with van der Waals surface area (Å²) in [6, 6.07) is 30.7. The molecule has 2 aliphatic heterocycles. The van der Waals surface area contributed by atoms with Gasteiger partial charge in [-0.25, -0.2) is 9.59 Å². The van der Waals surface area contributed by atoms with Gasteiger partial charge >= 0.3 is 11.9 Å². The molecule has 0 radical (unpaired) electrons. The van der Waals surface area contributed by atoms with Crippen molar-refractivity contribution in [3.63, 3.8) is 0 Å². The Morgan fingerprint density at radius 1 is 0.644 bits per heavy atom. The van der Waals surface area contributed by atoms with Gasteiger partial charge in [-0.05, 0) is 68.5 Å². The van der Waals surface area contributed by atoms with Crippen molar-refractivity contribution in [2.45, 2.75) is 37.3 Å². The predicted octanol–water partition coefficient (Wildman–Crippen LogP) is 6.94. The average Bonchev–Trinajstić information content (AvgIpc) is 3.94. The van der Waals surface area contributed by atoms with E-state index in [2.05, 4.69) is 98.1 Å². The molecule has 7 heteroatoms. The van der Waals surface area contributed by atoms with Crippen LogP contribution in [0.3, 0.4) is 0 Å². The Labute approximate surface area is 262 Å². The number of aliphatic carboxylic acids is 2. The molecule has 0 saturated carbocycles. The number of hydrogen-bond donors (Lipinski definition) is 2. The Morgan fingerprint density at radius 3 is 1.42 bits per heavy atom. The van der Waals surface area contributed by atoms with E-state index in [1.165, 1.54) is 55.6 Å². The molecule has 7 nitrogen and oxygen atoms in total. The lowest BCUT2D eigenvalue weighted by atomic mass is 9.98. The zero-order valence-electron chi connectivity index (χ0n) is 24.7. The summed E-state index contributed by atoms with van der Waals surface area (Å²) in [5.74, 6) is -1.96. The first-order chi connectivity index (χ1) is 21.9. The van der Waals surface area contributed by atoms with Crippen LogP contribution in [0.5, 0.6) is 0 Å². The van der Waals surface area contributed by atoms with Gasteiger partial charge in [-0.1, -0.05) is 98.1 Å². The van der Waals surface area contributed by atoms with Crippen molar-refractivity contribution >= 4 is 11.9 Å². The highest BCUT2D eigenvalue weighted by atomic mass is 16.6. The number of epoxide rings is 2. The molecule has 8 rings (SSSR count). The topological polar surface area (TPSA) is 109 Å². The van der Waals surface area contributed by atoms with Crippen LogP contribution >= 0.6 is 0 Å². The monoisotopic (exact) mass is 602 g/mol. The van der Waals surface area contributed by atoms with E-state index in [9.17, 15) is 9.59 Å². The molecule has 4 aromatic rings. The summed E-state index contributed by atoms with van der Waals surface area (Å²) in [6.07, 6.45) is 4.23. The highest BCUT2D eigenvalue weighted by Crippen LogP contribution is 2.48. The first-order valence-electron chi connectivity index (χ1n) is 14.9. The van der Waals surface area contributed by atoms with Crippen molar-refractivity contribution in [2.75, 3.05) is 13.2 Å². The average molecular weight is 603 g/mol. The maximum absolute atomic E-state index is 9.25. The van der Waals surface area contributed by atoms with E-state index in [0.717, 1.165) is 25.0 Å². The zero-order valence-corrected chi connectivity index (χ0v) is 24.7. The van der Waals surface area contributed by atoms with Gasteiger partial charge in [0.15, 0.2) is 0 Å². The van der Waals surface area contributed by atoms with Gasteiger partial charge in [0.25, 0.3) is 0 Å². The summed E-state index contributed by atoms with van der Waals surface area (Å²) in [5.41, 5.74) is 13.8. The molecule has 2 aliphatic carbocycles. The van der Waals surface area contributed by atoms with Crippen molar-refractivity contribution in [1.82, 2.24) is 0 Å². The Balaban J connectivity index is 0.000000314. The lowest BCUT2D eigenvalue weighted by molar-refractivity contribution is -0.132. The molecule has 0 bridgehead atoms. The quantitative estimate of drug-likeness (QED) is 0.144. The van der Waals surface area contributed by atoms with Crippen molar-refractivity contribution in [1.29, 1.82) is 0 Å². The summed E-state index contributed by atoms with van der Waals surface area (Å²) < 4.78 is 18.2. The Hall–Kier alpha value is -4.82. The molecule has 2 heterocycles. The number of carboxylic acid groups (broad SMARTS) is 2. The molecule has 0 amide bonds. The number of carbonyl (C=O) groups is 2. The van der Waals surface area contributed by atoms with Crippen molar-refractivity contribution in [3.8, 4) is 22.3 Å². The second-order valence-corrected chi connectivity index (χ2v) is 11.2. The van der Waals surface area contributed by atoms with Crippen LogP contribution in [0.2, 0.25) is 0 Å². The van der Waals surface area contributed by atoms with E-state index in [-0.39, 0.29) is 24.4 Å². The molecule has 228 valence electrons. The molecule has 4 atom stereocenters. The minimum atomic E-state index is -0.981. The zero-order chi connectivity index (χ0) is 31.5. The van der Waals surface area contributed by atoms with Gasteiger partial charge in [-0.2, -0.15) is 0 Å². The van der Waals surface area contributed by atoms with Crippen LogP contribution in [0.15, 0.2) is 110 Å². The maximum atomic E-state index is 9.25. The normalized spacial score (nSPS) is 20.4. The standard InChI is InChI=1S/C32H26O3.2C3H4O2/c1-3-9-21-19(7-1)15-27-23(21)11-5-13-25(27)31-29(34-31)17-33-18-30-32(35-30)26-14-6-12-24-22-10-4-2-8-20(22)16-28(24)26;2*1-2-3(4)5/h1-14,29-32H,15-18H2;2*2H,1H2,(H,4,5). The highest BCUT2D eigenvalue weighted by Gasteiger charge is 2.45. The summed E-state index contributed by atoms with van der Waals surface area (Å²) in [4.78, 5) is 18.5. The molecule has 2 N–H and O–H groups in total. The maximum Gasteiger partial charge on any atom is 0.327 e. The Morgan fingerprint density at radius 2 is 1.02 bits per heavy atom. The molecule has 4 unspecified atom stereocenters. The van der Waals surface area contributed by atoms with Gasteiger partial charge in [-0.3, -0.25) is 0 Å². The fraction of sp³-hybridized carbons (Fsp3) is 0.211. The predicted molar refractivity (Wildman–Crippen MR) is 171 cm³/mol. The van der Waals surface area contributed by atoms with Crippen molar-refractivity contribution in [3.05, 3.63) is 144 Å². The molecule has 2 fully saturated rings. The summed E-state index contributed by atoms with van der Waals surface area (Å²) in [6.45, 7) is 7.16. The molecule has 45 heavy (non-hydrogen) atoms. The third kappa shape index (κ3) is 6.51. The smallest absolute Gasteiger partial charge is 0.327 e. The van der Waals surface area contributed by atoms with Crippen LogP contribution in [0.4, 0.5) is 0 Å². The number of hydrogen-bond acceptors (Lipinski definition) is 5. The first-order valence-corrected chi connectivity index (χ1v) is 14.9. The number of benzene rings is 4. The Kier molecular flexibility index (Phi) is 8.76. The van der Waals surface area contributed by atoms with Crippen molar-refractivity contribution in [2.24, 2.45) is 0 Å². The third-order valence-corrected chi connectivity index (χ3v) is 8.47. The van der Waals surface area contributed by atoms with Crippen LogP contribution < -0.4 is 0 Å². The van der Waals surface area contributed by atoms with Gasteiger partial charge in [0, 0.05) is 12.2 Å². The summed E-state index contributed by atoms with van der Waals surface area (Å²) >= 11 is 0. The van der Waals surface area contributed by atoms with Gasteiger partial charge in [0.05, 0.1) is 13.2 Å². The summed E-state index contributed by atoms with van der Waals surface area (Å²) in [5, 5.41) is 15.2. The molecule has 0 aromatic heterocycles. The highest BCUT2D eigenvalue weighted by molar-refractivity contribution is 5.80. The second-order valence-electron chi connectivity index (χ2n) is 11.2. The molecule has 2 saturated heterocycles. The van der Waals surface area contributed by atoms with Gasteiger partial charge in [0.2, 0.25) is 0 Å². The Bertz CT molecular complexity index is 1640. The third-order valence-electron chi connectivity index (χ3n) is 8.47. The molecular weight excluding hydrogens is 568 g/mol. The van der Waals surface area contributed by atoms with Crippen molar-refractivity contribution < 1.29 is 34.0 Å². The molecule has 0 spiro atoms. The number of ether oxygens (including phenoxy) is 3.